The second-order valence-electron chi connectivity index (χ2n) is 6.88. The summed E-state index contributed by atoms with van der Waals surface area (Å²) in [5.74, 6) is 0.399. The number of likely N-dealkylation sites (N-methyl/N-ethyl adjacent to an activating group) is 1. The average Bonchev–Trinajstić information content (AvgIpc) is 2.68. The number of rotatable bonds is 5. The molecular formula is C18H22FN5O3S. The fourth-order valence-electron chi connectivity index (χ4n) is 3.29. The molecular weight excluding hydrogens is 385 g/mol. The molecule has 1 aromatic heterocycles. The Morgan fingerprint density at radius 2 is 1.75 bits per heavy atom. The number of nitrogens with zero attached hydrogens (tertiary/aromatic N) is 5. The van der Waals surface area contributed by atoms with Gasteiger partial charge in [0, 0.05) is 38.8 Å². The number of morpholine rings is 1. The third-order valence-corrected chi connectivity index (χ3v) is 7.19. The van der Waals surface area contributed by atoms with E-state index in [-0.39, 0.29) is 11.9 Å². The highest BCUT2D eigenvalue weighted by atomic mass is 32.2. The summed E-state index contributed by atoms with van der Waals surface area (Å²) in [5, 5.41) is 8.44. The topological polar surface area (TPSA) is 78.9 Å². The van der Waals surface area contributed by atoms with Gasteiger partial charge in [0.2, 0.25) is 0 Å². The summed E-state index contributed by atoms with van der Waals surface area (Å²) in [7, 11) is -1.86. The molecule has 0 amide bonds. The van der Waals surface area contributed by atoms with Gasteiger partial charge in [0.1, 0.15) is 5.82 Å². The fourth-order valence-corrected chi connectivity index (χ4v) is 4.77. The van der Waals surface area contributed by atoms with Crippen LogP contribution in [0.4, 0.5) is 10.2 Å². The lowest BCUT2D eigenvalue weighted by atomic mass is 10.1. The molecule has 28 heavy (non-hydrogen) atoms. The van der Waals surface area contributed by atoms with E-state index in [1.807, 2.05) is 17.0 Å². The third-order valence-electron chi connectivity index (χ3n) is 5.15. The van der Waals surface area contributed by atoms with Crippen LogP contribution in [0.3, 0.4) is 0 Å². The molecule has 2 aliphatic rings. The van der Waals surface area contributed by atoms with Crippen LogP contribution < -0.4 is 4.90 Å². The highest BCUT2D eigenvalue weighted by molar-refractivity contribution is 7.86. The van der Waals surface area contributed by atoms with Gasteiger partial charge < -0.3 is 9.64 Å². The number of anilines is 1. The highest BCUT2D eigenvalue weighted by Gasteiger charge is 2.39. The van der Waals surface area contributed by atoms with E-state index in [2.05, 4.69) is 10.2 Å². The van der Waals surface area contributed by atoms with E-state index in [1.54, 1.807) is 19.2 Å². The molecule has 0 unspecified atom stereocenters. The number of aromatic nitrogens is 2. The summed E-state index contributed by atoms with van der Waals surface area (Å²) in [6.45, 7) is 2.76. The van der Waals surface area contributed by atoms with Crippen molar-refractivity contribution in [1.29, 1.82) is 0 Å². The van der Waals surface area contributed by atoms with E-state index in [4.69, 9.17) is 4.74 Å². The van der Waals surface area contributed by atoms with Gasteiger partial charge in [-0.25, -0.2) is 4.39 Å². The molecule has 10 heteroatoms. The SMILES string of the molecule is CN(C1CN(c2ccc(-c3ccc(F)cc3)nn2)C1)S(=O)(=O)N1CCOCC1. The molecule has 0 spiro atoms. The van der Waals surface area contributed by atoms with Gasteiger partial charge in [-0.15, -0.1) is 10.2 Å². The van der Waals surface area contributed by atoms with Crippen LogP contribution in [0.2, 0.25) is 0 Å². The van der Waals surface area contributed by atoms with Gasteiger partial charge in [0.05, 0.1) is 24.9 Å². The van der Waals surface area contributed by atoms with Crippen LogP contribution in [0, 0.1) is 5.82 Å². The van der Waals surface area contributed by atoms with Gasteiger partial charge in [0.25, 0.3) is 10.2 Å². The predicted molar refractivity (Wildman–Crippen MR) is 103 cm³/mol. The van der Waals surface area contributed by atoms with E-state index in [0.29, 0.717) is 50.9 Å². The zero-order valence-electron chi connectivity index (χ0n) is 15.5. The summed E-state index contributed by atoms with van der Waals surface area (Å²) < 4.78 is 46.6. The van der Waals surface area contributed by atoms with Gasteiger partial charge >= 0.3 is 0 Å². The van der Waals surface area contributed by atoms with E-state index in [9.17, 15) is 12.8 Å². The van der Waals surface area contributed by atoms with Gasteiger partial charge in [-0.2, -0.15) is 17.0 Å². The third kappa shape index (κ3) is 3.72. The first-order valence-electron chi connectivity index (χ1n) is 9.10. The van der Waals surface area contributed by atoms with Crippen LogP contribution in [0.5, 0.6) is 0 Å². The van der Waals surface area contributed by atoms with Crippen molar-refractivity contribution in [3.8, 4) is 11.3 Å². The van der Waals surface area contributed by atoms with Gasteiger partial charge in [-0.1, -0.05) is 0 Å². The Bertz CT molecular complexity index is 911. The summed E-state index contributed by atoms with van der Waals surface area (Å²) in [5.41, 5.74) is 1.45. The molecule has 0 N–H and O–H groups in total. The van der Waals surface area contributed by atoms with Crippen LogP contribution in [0.15, 0.2) is 36.4 Å². The maximum atomic E-state index is 13.0. The minimum atomic E-state index is -3.48. The Balaban J connectivity index is 1.37. The van der Waals surface area contributed by atoms with E-state index < -0.39 is 10.2 Å². The molecule has 0 radical (unpaired) electrons. The highest BCUT2D eigenvalue weighted by Crippen LogP contribution is 2.25. The molecule has 0 atom stereocenters. The van der Waals surface area contributed by atoms with E-state index >= 15 is 0 Å². The van der Waals surface area contributed by atoms with E-state index in [1.165, 1.54) is 20.7 Å². The van der Waals surface area contributed by atoms with Crippen molar-refractivity contribution in [1.82, 2.24) is 18.8 Å². The number of benzene rings is 1. The van der Waals surface area contributed by atoms with Crippen molar-refractivity contribution in [3.63, 3.8) is 0 Å². The molecule has 0 aliphatic carbocycles. The number of ether oxygens (including phenoxy) is 1. The van der Waals surface area contributed by atoms with Crippen LogP contribution in [0.25, 0.3) is 11.3 Å². The van der Waals surface area contributed by atoms with Crippen LogP contribution in [-0.2, 0) is 14.9 Å². The smallest absolute Gasteiger partial charge is 0.282 e. The normalized spacial score (nSPS) is 19.0. The first kappa shape index (κ1) is 19.2. The lowest BCUT2D eigenvalue weighted by Gasteiger charge is -2.45. The van der Waals surface area contributed by atoms with Crippen LogP contribution in [0.1, 0.15) is 0 Å². The van der Waals surface area contributed by atoms with Crippen molar-refractivity contribution in [2.45, 2.75) is 6.04 Å². The molecule has 2 aliphatic heterocycles. The zero-order valence-corrected chi connectivity index (χ0v) is 16.3. The zero-order chi connectivity index (χ0) is 19.7. The first-order chi connectivity index (χ1) is 13.4. The molecule has 3 heterocycles. The Morgan fingerprint density at radius 1 is 1.07 bits per heavy atom. The summed E-state index contributed by atoms with van der Waals surface area (Å²) in [6, 6.07) is 9.65. The molecule has 1 aromatic carbocycles. The Kier molecular flexibility index (Phi) is 5.28. The molecule has 150 valence electrons. The number of halogens is 1. The number of hydrogen-bond donors (Lipinski definition) is 0. The quantitative estimate of drug-likeness (QED) is 0.735. The van der Waals surface area contributed by atoms with Crippen molar-refractivity contribution in [3.05, 3.63) is 42.2 Å². The average molecular weight is 407 g/mol. The summed E-state index contributed by atoms with van der Waals surface area (Å²) >= 11 is 0. The Labute approximate surface area is 163 Å². The minimum absolute atomic E-state index is 0.105. The first-order valence-corrected chi connectivity index (χ1v) is 10.5. The summed E-state index contributed by atoms with van der Waals surface area (Å²) in [4.78, 5) is 1.98. The second-order valence-corrected chi connectivity index (χ2v) is 8.87. The van der Waals surface area contributed by atoms with Crippen LogP contribution in [-0.4, -0.2) is 79.7 Å². The van der Waals surface area contributed by atoms with E-state index in [0.717, 1.165) is 5.56 Å². The van der Waals surface area contributed by atoms with Crippen molar-refractivity contribution in [2.75, 3.05) is 51.3 Å². The molecule has 8 nitrogen and oxygen atoms in total. The molecule has 2 aromatic rings. The van der Waals surface area contributed by atoms with Gasteiger partial charge in [-0.3, -0.25) is 0 Å². The fraction of sp³-hybridized carbons (Fsp3) is 0.444. The van der Waals surface area contributed by atoms with Gasteiger partial charge in [-0.05, 0) is 36.4 Å². The second kappa shape index (κ2) is 7.70. The maximum Gasteiger partial charge on any atom is 0.282 e. The lowest BCUT2D eigenvalue weighted by molar-refractivity contribution is 0.0695. The standard InChI is InChI=1S/C18H22FN5O3S/c1-22(28(25,26)24-8-10-27-11-9-24)16-12-23(13-16)18-7-6-17(20-21-18)14-2-4-15(19)5-3-14/h2-7,16H,8-13H2,1H3. The van der Waals surface area contributed by atoms with Crippen LogP contribution >= 0.6 is 0 Å². The van der Waals surface area contributed by atoms with Gasteiger partial charge in [0.15, 0.2) is 5.82 Å². The molecule has 2 fully saturated rings. The monoisotopic (exact) mass is 407 g/mol. The molecule has 2 saturated heterocycles. The predicted octanol–water partition coefficient (Wildman–Crippen LogP) is 0.980. The lowest BCUT2D eigenvalue weighted by Crippen LogP contribution is -2.62. The molecule has 0 saturated carbocycles. The van der Waals surface area contributed by atoms with Crippen molar-refractivity contribution < 1.29 is 17.5 Å². The Morgan fingerprint density at radius 3 is 2.36 bits per heavy atom. The molecule has 4 rings (SSSR count). The summed E-state index contributed by atoms with van der Waals surface area (Å²) in [6.07, 6.45) is 0. The Hall–Kier alpha value is -2.14. The van der Waals surface area contributed by atoms with Crippen molar-refractivity contribution >= 4 is 16.0 Å². The number of hydrogen-bond acceptors (Lipinski definition) is 6. The molecule has 0 bridgehead atoms. The minimum Gasteiger partial charge on any atom is -0.379 e. The van der Waals surface area contributed by atoms with Crippen molar-refractivity contribution in [2.24, 2.45) is 0 Å². The largest absolute Gasteiger partial charge is 0.379 e. The maximum absolute atomic E-state index is 13.0.